The number of ketones is 1. The lowest BCUT2D eigenvalue weighted by Gasteiger charge is -2.37. The van der Waals surface area contributed by atoms with E-state index >= 15 is 0 Å². The Kier molecular flexibility index (Phi) is 8.57. The Labute approximate surface area is 218 Å². The van der Waals surface area contributed by atoms with E-state index in [9.17, 15) is 19.1 Å². The number of carbonyl (C=O) groups is 2. The van der Waals surface area contributed by atoms with Gasteiger partial charge >= 0.3 is 5.97 Å². The van der Waals surface area contributed by atoms with Gasteiger partial charge < -0.3 is 9.84 Å². The van der Waals surface area contributed by atoms with E-state index < -0.39 is 5.97 Å². The normalized spacial score (nSPS) is 18.0. The van der Waals surface area contributed by atoms with Crippen molar-refractivity contribution >= 4 is 45.6 Å². The Bertz CT molecular complexity index is 1330. The third-order valence-corrected chi connectivity index (χ3v) is 7.63. The predicted octanol–water partition coefficient (Wildman–Crippen LogP) is 5.52. The average Bonchev–Trinajstić information content (AvgIpc) is 3.27. The molecule has 0 radical (unpaired) electrons. The molecule has 1 aromatic carbocycles. The maximum absolute atomic E-state index is 13.3. The molecule has 6 nitrogen and oxygen atoms in total. The van der Waals surface area contributed by atoms with Crippen LogP contribution in [0.25, 0.3) is 10.9 Å². The Morgan fingerprint density at radius 2 is 2.14 bits per heavy atom. The van der Waals surface area contributed by atoms with Crippen LogP contribution in [0.1, 0.15) is 40.9 Å². The van der Waals surface area contributed by atoms with E-state index in [2.05, 4.69) is 21.7 Å². The number of thiophene rings is 1. The molecule has 188 valence electrons. The fourth-order valence-corrected chi connectivity index (χ4v) is 5.62. The fraction of sp³-hybridized carbons (Fsp3) is 0.370. The maximum atomic E-state index is 13.3. The van der Waals surface area contributed by atoms with Gasteiger partial charge in [-0.2, -0.15) is 4.39 Å². The SMILES string of the molecule is COc1ccc2ncc(Cl)c(C(=O)CC[C@@H]3CCN(CC#Cc4ccc(F)s4)C[C@@H]3CC(=O)O)c2c1. The first-order chi connectivity index (χ1) is 17.3. The number of methoxy groups -OCH3 is 1. The molecule has 1 N–H and O–H groups in total. The molecule has 1 aliphatic rings. The van der Waals surface area contributed by atoms with Crippen molar-refractivity contribution in [2.45, 2.75) is 25.7 Å². The first-order valence-electron chi connectivity index (χ1n) is 11.7. The summed E-state index contributed by atoms with van der Waals surface area (Å²) in [5, 5.41) is 10.1. The number of hydrogen-bond acceptors (Lipinski definition) is 6. The van der Waals surface area contributed by atoms with E-state index in [1.807, 2.05) is 0 Å². The van der Waals surface area contributed by atoms with Crippen LogP contribution in [-0.4, -0.2) is 53.5 Å². The number of hydrogen-bond donors (Lipinski definition) is 1. The minimum Gasteiger partial charge on any atom is -0.497 e. The van der Waals surface area contributed by atoms with Crippen molar-refractivity contribution in [1.29, 1.82) is 0 Å². The van der Waals surface area contributed by atoms with E-state index in [0.29, 0.717) is 51.6 Å². The van der Waals surface area contributed by atoms with E-state index in [0.717, 1.165) is 24.3 Å². The Balaban J connectivity index is 1.42. The predicted molar refractivity (Wildman–Crippen MR) is 138 cm³/mol. The summed E-state index contributed by atoms with van der Waals surface area (Å²) in [6.45, 7) is 1.84. The van der Waals surface area contributed by atoms with E-state index in [1.165, 1.54) is 12.3 Å². The number of carboxylic acid groups (broad SMARTS) is 1. The summed E-state index contributed by atoms with van der Waals surface area (Å²) >= 11 is 7.39. The van der Waals surface area contributed by atoms with Crippen LogP contribution in [0.15, 0.2) is 36.5 Å². The van der Waals surface area contributed by atoms with Gasteiger partial charge in [0, 0.05) is 36.5 Å². The summed E-state index contributed by atoms with van der Waals surface area (Å²) in [6, 6.07) is 8.38. The molecule has 2 aromatic heterocycles. The molecular formula is C27H26ClFN2O4S. The third-order valence-electron chi connectivity index (χ3n) is 6.55. The quantitative estimate of drug-likeness (QED) is 0.306. The number of likely N-dealkylation sites (tertiary alicyclic amines) is 1. The molecule has 3 heterocycles. The highest BCUT2D eigenvalue weighted by atomic mass is 35.5. The van der Waals surface area contributed by atoms with Crippen LogP contribution >= 0.6 is 22.9 Å². The van der Waals surface area contributed by atoms with Crippen molar-refractivity contribution in [3.63, 3.8) is 0 Å². The smallest absolute Gasteiger partial charge is 0.303 e. The van der Waals surface area contributed by atoms with Gasteiger partial charge in [-0.05, 0) is 61.6 Å². The number of fused-ring (bicyclic) bond motifs is 1. The van der Waals surface area contributed by atoms with Gasteiger partial charge in [0.1, 0.15) is 5.75 Å². The molecule has 1 saturated heterocycles. The molecule has 0 amide bonds. The average molecular weight is 529 g/mol. The number of benzene rings is 1. The van der Waals surface area contributed by atoms with Crippen LogP contribution in [0, 0.1) is 28.8 Å². The summed E-state index contributed by atoms with van der Waals surface area (Å²) in [7, 11) is 1.56. The Hall–Kier alpha value is -2.99. The van der Waals surface area contributed by atoms with Crippen LogP contribution in [0.5, 0.6) is 5.75 Å². The van der Waals surface area contributed by atoms with Crippen LogP contribution in [0.3, 0.4) is 0 Å². The number of aliphatic carboxylic acids is 1. The molecule has 0 spiro atoms. The zero-order valence-electron chi connectivity index (χ0n) is 19.8. The summed E-state index contributed by atoms with van der Waals surface area (Å²) in [4.78, 5) is 31.9. The van der Waals surface area contributed by atoms with Gasteiger partial charge in [-0.1, -0.05) is 34.8 Å². The lowest BCUT2D eigenvalue weighted by Crippen LogP contribution is -2.41. The molecule has 0 bridgehead atoms. The number of Topliss-reactive ketones (excluding diaryl/α,β-unsaturated/α-hetero) is 1. The van der Waals surface area contributed by atoms with Crippen molar-refractivity contribution in [1.82, 2.24) is 9.88 Å². The van der Waals surface area contributed by atoms with Gasteiger partial charge in [-0.15, -0.1) is 0 Å². The van der Waals surface area contributed by atoms with E-state index in [4.69, 9.17) is 16.3 Å². The van der Waals surface area contributed by atoms with Crippen LogP contribution in [0.4, 0.5) is 4.39 Å². The number of ether oxygens (including phenoxy) is 1. The molecular weight excluding hydrogens is 503 g/mol. The van der Waals surface area contributed by atoms with Crippen molar-refractivity contribution in [3.05, 3.63) is 57.1 Å². The molecule has 4 rings (SSSR count). The monoisotopic (exact) mass is 528 g/mol. The Morgan fingerprint density at radius 1 is 1.31 bits per heavy atom. The van der Waals surface area contributed by atoms with Gasteiger partial charge in [0.25, 0.3) is 0 Å². The molecule has 0 aliphatic carbocycles. The van der Waals surface area contributed by atoms with Crippen molar-refractivity contribution < 1.29 is 23.8 Å². The largest absolute Gasteiger partial charge is 0.497 e. The van der Waals surface area contributed by atoms with Crippen molar-refractivity contribution in [3.8, 4) is 17.6 Å². The highest BCUT2D eigenvalue weighted by Gasteiger charge is 2.31. The number of carbonyl (C=O) groups excluding carboxylic acids is 1. The summed E-state index contributed by atoms with van der Waals surface area (Å²) < 4.78 is 18.4. The summed E-state index contributed by atoms with van der Waals surface area (Å²) in [5.74, 6) is 5.71. The summed E-state index contributed by atoms with van der Waals surface area (Å²) in [5.41, 5.74) is 1.08. The van der Waals surface area contributed by atoms with Crippen LogP contribution in [0.2, 0.25) is 5.02 Å². The highest BCUT2D eigenvalue weighted by molar-refractivity contribution is 7.10. The molecule has 9 heteroatoms. The second-order valence-electron chi connectivity index (χ2n) is 8.87. The second-order valence-corrected chi connectivity index (χ2v) is 10.3. The number of piperidine rings is 1. The molecule has 3 aromatic rings. The topological polar surface area (TPSA) is 79.7 Å². The lowest BCUT2D eigenvalue weighted by atomic mass is 9.79. The lowest BCUT2D eigenvalue weighted by molar-refractivity contribution is -0.139. The second kappa shape index (κ2) is 11.8. The minimum absolute atomic E-state index is 0.0368. The molecule has 1 aliphatic heterocycles. The van der Waals surface area contributed by atoms with Gasteiger partial charge in [0.2, 0.25) is 0 Å². The minimum atomic E-state index is -0.853. The number of carboxylic acids is 1. The number of nitrogens with zero attached hydrogens (tertiary/aromatic N) is 2. The first kappa shape index (κ1) is 26.1. The molecule has 36 heavy (non-hydrogen) atoms. The van der Waals surface area contributed by atoms with Gasteiger partial charge in [-0.25, -0.2) is 0 Å². The van der Waals surface area contributed by atoms with Gasteiger partial charge in [-0.3, -0.25) is 19.5 Å². The zero-order valence-corrected chi connectivity index (χ0v) is 21.4. The van der Waals surface area contributed by atoms with Gasteiger partial charge in [0.15, 0.2) is 10.9 Å². The highest BCUT2D eigenvalue weighted by Crippen LogP contribution is 2.33. The van der Waals surface area contributed by atoms with E-state index in [-0.39, 0.29) is 35.6 Å². The summed E-state index contributed by atoms with van der Waals surface area (Å²) in [6.07, 6.45) is 3.14. The standard InChI is InChI=1S/C27H26ClFN2O4S/c1-35-19-5-7-23-21(14-19)27(22(28)15-30-23)24(32)8-4-17-10-12-31(16-18(17)13-26(33)34)11-2-3-20-6-9-25(29)36-20/h5-7,9,14-15,17-18H,4,8,10-13,16H2,1H3,(H,33,34)/t17-,18+/m1/s1. The fourth-order valence-electron chi connectivity index (χ4n) is 4.75. The number of pyridine rings is 1. The molecule has 2 atom stereocenters. The van der Waals surface area contributed by atoms with E-state index in [1.54, 1.807) is 31.4 Å². The van der Waals surface area contributed by atoms with Crippen LogP contribution in [-0.2, 0) is 4.79 Å². The zero-order chi connectivity index (χ0) is 25.7. The number of halogens is 2. The number of rotatable bonds is 8. The van der Waals surface area contributed by atoms with Crippen LogP contribution < -0.4 is 4.74 Å². The Morgan fingerprint density at radius 3 is 2.86 bits per heavy atom. The third kappa shape index (κ3) is 6.41. The molecule has 0 saturated carbocycles. The molecule has 1 fully saturated rings. The van der Waals surface area contributed by atoms with Crippen molar-refractivity contribution in [2.24, 2.45) is 11.8 Å². The van der Waals surface area contributed by atoms with Crippen molar-refractivity contribution in [2.75, 3.05) is 26.7 Å². The first-order valence-corrected chi connectivity index (χ1v) is 12.9. The maximum Gasteiger partial charge on any atom is 0.303 e. The molecule has 0 unspecified atom stereocenters. The van der Waals surface area contributed by atoms with Gasteiger partial charge in [0.05, 0.1) is 29.1 Å². The number of aromatic nitrogens is 1.